The molecule has 1 N–H and O–H groups in total. The zero-order valence-electron chi connectivity index (χ0n) is 16.1. The minimum absolute atomic E-state index is 0.167. The molecule has 1 amide bonds. The number of nitrogens with one attached hydrogen (secondary N) is 1. The van der Waals surface area contributed by atoms with Gasteiger partial charge in [-0.3, -0.25) is 4.79 Å². The maximum absolute atomic E-state index is 12.7. The second kappa shape index (κ2) is 8.14. The second-order valence-corrected chi connectivity index (χ2v) is 8.21. The number of nitrogens with zero attached hydrogens (tertiary/aromatic N) is 2. The van der Waals surface area contributed by atoms with Crippen LogP contribution >= 0.6 is 22.9 Å². The molecule has 152 valence electrons. The summed E-state index contributed by atoms with van der Waals surface area (Å²) < 4.78 is 10.4. The number of benzene rings is 1. The molecule has 7 nitrogen and oxygen atoms in total. The minimum Gasteiger partial charge on any atom is -0.465 e. The van der Waals surface area contributed by atoms with E-state index in [1.54, 1.807) is 18.2 Å². The molecular formula is C20H20ClN3O4S. The van der Waals surface area contributed by atoms with E-state index in [2.05, 4.69) is 10.2 Å². The highest BCUT2D eigenvalue weighted by Crippen LogP contribution is 2.38. The monoisotopic (exact) mass is 433 g/mol. The Labute approximate surface area is 177 Å². The lowest BCUT2D eigenvalue weighted by atomic mass is 9.93. The zero-order valence-corrected chi connectivity index (χ0v) is 17.7. The largest absolute Gasteiger partial charge is 0.465 e. The predicted octanol–water partition coefficient (Wildman–Crippen LogP) is 2.98. The van der Waals surface area contributed by atoms with Crippen molar-refractivity contribution in [3.63, 3.8) is 0 Å². The number of halogens is 1. The third kappa shape index (κ3) is 3.75. The van der Waals surface area contributed by atoms with Crippen LogP contribution < -0.4 is 10.2 Å². The van der Waals surface area contributed by atoms with E-state index in [9.17, 15) is 9.59 Å². The SMILES string of the molecule is COC(=O)c1cc(Cl)ccc1C1=C(C)CNC(=O)c2sc(N3CCOCC3)nc21. The van der Waals surface area contributed by atoms with E-state index >= 15 is 0 Å². The van der Waals surface area contributed by atoms with Gasteiger partial charge in [-0.2, -0.15) is 0 Å². The number of esters is 1. The van der Waals surface area contributed by atoms with Gasteiger partial charge in [0, 0.05) is 30.2 Å². The van der Waals surface area contributed by atoms with E-state index in [0.29, 0.717) is 46.5 Å². The van der Waals surface area contributed by atoms with Gasteiger partial charge in [-0.1, -0.05) is 29.0 Å². The summed E-state index contributed by atoms with van der Waals surface area (Å²) in [5.41, 5.74) is 3.23. The van der Waals surface area contributed by atoms with Gasteiger partial charge in [0.15, 0.2) is 5.13 Å². The highest BCUT2D eigenvalue weighted by molar-refractivity contribution is 7.17. The molecule has 1 fully saturated rings. The van der Waals surface area contributed by atoms with Crippen LogP contribution in [0.5, 0.6) is 0 Å². The third-order valence-electron chi connectivity index (χ3n) is 4.94. The highest BCUT2D eigenvalue weighted by atomic mass is 35.5. The lowest BCUT2D eigenvalue weighted by molar-refractivity contribution is 0.0600. The normalized spacial score (nSPS) is 16.9. The van der Waals surface area contributed by atoms with Crippen molar-refractivity contribution < 1.29 is 19.1 Å². The molecule has 0 radical (unpaired) electrons. The van der Waals surface area contributed by atoms with Gasteiger partial charge >= 0.3 is 5.97 Å². The molecule has 0 aliphatic carbocycles. The average Bonchev–Trinajstić information content (AvgIpc) is 3.14. The topological polar surface area (TPSA) is 80.8 Å². The van der Waals surface area contributed by atoms with Crippen LogP contribution in [-0.2, 0) is 9.47 Å². The first-order valence-corrected chi connectivity index (χ1v) is 10.4. The summed E-state index contributed by atoms with van der Waals surface area (Å²) in [6, 6.07) is 5.08. The van der Waals surface area contributed by atoms with Crippen molar-refractivity contribution in [2.45, 2.75) is 6.92 Å². The van der Waals surface area contributed by atoms with E-state index in [4.69, 9.17) is 26.1 Å². The van der Waals surface area contributed by atoms with E-state index in [1.807, 2.05) is 6.92 Å². The molecule has 3 heterocycles. The standard InChI is InChI=1S/C20H20ClN3O4S/c1-11-10-22-18(25)17-16(23-20(29-17)24-5-7-28-8-6-24)15(11)13-4-3-12(21)9-14(13)19(26)27-2/h3-4,9H,5-8,10H2,1-2H3,(H,22,25). The fourth-order valence-electron chi connectivity index (χ4n) is 3.48. The molecule has 1 aromatic carbocycles. The number of morpholine rings is 1. The number of carbonyl (C=O) groups excluding carboxylic acids is 2. The maximum atomic E-state index is 12.7. The summed E-state index contributed by atoms with van der Waals surface area (Å²) in [5, 5.41) is 4.13. The van der Waals surface area contributed by atoms with Gasteiger partial charge in [0.1, 0.15) is 4.88 Å². The summed E-state index contributed by atoms with van der Waals surface area (Å²) in [7, 11) is 1.33. The number of amides is 1. The molecule has 0 spiro atoms. The van der Waals surface area contributed by atoms with Gasteiger partial charge in [0.25, 0.3) is 5.91 Å². The van der Waals surface area contributed by atoms with Crippen LogP contribution in [-0.4, -0.2) is 56.8 Å². The predicted molar refractivity (Wildman–Crippen MR) is 112 cm³/mol. The van der Waals surface area contributed by atoms with Crippen molar-refractivity contribution in [1.82, 2.24) is 10.3 Å². The lowest BCUT2D eigenvalue weighted by Crippen LogP contribution is -2.36. The number of anilines is 1. The lowest BCUT2D eigenvalue weighted by Gasteiger charge is -2.26. The first-order chi connectivity index (χ1) is 14.0. The second-order valence-electron chi connectivity index (χ2n) is 6.79. The van der Waals surface area contributed by atoms with Gasteiger partial charge in [-0.15, -0.1) is 0 Å². The number of rotatable bonds is 3. The maximum Gasteiger partial charge on any atom is 0.338 e. The molecule has 2 aliphatic heterocycles. The van der Waals surface area contributed by atoms with Gasteiger partial charge in [-0.25, -0.2) is 9.78 Å². The third-order valence-corrected chi connectivity index (χ3v) is 6.29. The first kappa shape index (κ1) is 19.9. The van der Waals surface area contributed by atoms with Crippen LogP contribution in [0.4, 0.5) is 5.13 Å². The number of aromatic nitrogens is 1. The Morgan fingerprint density at radius 1 is 1.34 bits per heavy atom. The van der Waals surface area contributed by atoms with Crippen LogP contribution in [0.1, 0.15) is 38.2 Å². The van der Waals surface area contributed by atoms with Gasteiger partial charge in [0.2, 0.25) is 0 Å². The molecule has 9 heteroatoms. The van der Waals surface area contributed by atoms with Crippen LogP contribution in [0.3, 0.4) is 0 Å². The molecule has 4 rings (SSSR count). The molecule has 1 saturated heterocycles. The molecule has 2 aromatic rings. The van der Waals surface area contributed by atoms with E-state index < -0.39 is 5.97 Å². The number of fused-ring (bicyclic) bond motifs is 1. The zero-order chi connectivity index (χ0) is 20.5. The summed E-state index contributed by atoms with van der Waals surface area (Å²) in [6.45, 7) is 4.99. The van der Waals surface area contributed by atoms with Gasteiger partial charge in [0.05, 0.1) is 31.6 Å². The quantitative estimate of drug-likeness (QED) is 0.749. The Morgan fingerprint density at radius 2 is 2.10 bits per heavy atom. The van der Waals surface area contributed by atoms with E-state index in [1.165, 1.54) is 18.4 Å². The first-order valence-electron chi connectivity index (χ1n) is 9.19. The number of carbonyl (C=O) groups is 2. The number of methoxy groups -OCH3 is 1. The fourth-order valence-corrected chi connectivity index (χ4v) is 4.69. The number of ether oxygens (including phenoxy) is 2. The summed E-state index contributed by atoms with van der Waals surface area (Å²) in [6.07, 6.45) is 0. The molecule has 0 atom stereocenters. The van der Waals surface area contributed by atoms with Crippen molar-refractivity contribution in [1.29, 1.82) is 0 Å². The smallest absolute Gasteiger partial charge is 0.338 e. The van der Waals surface area contributed by atoms with Crippen LogP contribution in [0.25, 0.3) is 5.57 Å². The van der Waals surface area contributed by atoms with Crippen LogP contribution in [0.2, 0.25) is 5.02 Å². The van der Waals surface area contributed by atoms with Crippen molar-refractivity contribution >= 4 is 45.5 Å². The van der Waals surface area contributed by atoms with Crippen molar-refractivity contribution in [3.05, 3.63) is 50.5 Å². The fraction of sp³-hybridized carbons (Fsp3) is 0.350. The highest BCUT2D eigenvalue weighted by Gasteiger charge is 2.30. The van der Waals surface area contributed by atoms with E-state index in [-0.39, 0.29) is 5.91 Å². The minimum atomic E-state index is -0.489. The Bertz CT molecular complexity index is 1010. The number of hydrogen-bond donors (Lipinski definition) is 1. The molecular weight excluding hydrogens is 414 g/mol. The van der Waals surface area contributed by atoms with Crippen molar-refractivity contribution in [3.8, 4) is 0 Å². The Hall–Kier alpha value is -2.42. The Balaban J connectivity index is 1.89. The van der Waals surface area contributed by atoms with Gasteiger partial charge in [-0.05, 0) is 30.2 Å². The Morgan fingerprint density at radius 3 is 2.83 bits per heavy atom. The van der Waals surface area contributed by atoms with Crippen LogP contribution in [0.15, 0.2) is 23.8 Å². The van der Waals surface area contributed by atoms with Gasteiger partial charge < -0.3 is 19.7 Å². The van der Waals surface area contributed by atoms with Crippen molar-refractivity contribution in [2.24, 2.45) is 0 Å². The van der Waals surface area contributed by atoms with E-state index in [0.717, 1.165) is 29.4 Å². The summed E-state index contributed by atoms with van der Waals surface area (Å²) >= 11 is 7.49. The molecule has 1 aromatic heterocycles. The number of hydrogen-bond acceptors (Lipinski definition) is 7. The molecule has 0 bridgehead atoms. The summed E-state index contributed by atoms with van der Waals surface area (Å²) in [4.78, 5) is 32.6. The molecule has 0 saturated carbocycles. The Kier molecular flexibility index (Phi) is 5.58. The number of thiazole rings is 1. The summed E-state index contributed by atoms with van der Waals surface area (Å²) in [5.74, 6) is -0.656. The molecule has 29 heavy (non-hydrogen) atoms. The van der Waals surface area contributed by atoms with Crippen molar-refractivity contribution in [2.75, 3.05) is 44.9 Å². The van der Waals surface area contributed by atoms with Crippen LogP contribution in [0, 0.1) is 0 Å². The molecule has 0 unspecified atom stereocenters. The average molecular weight is 434 g/mol. The molecule has 2 aliphatic rings.